The molecule has 0 aliphatic rings. The molecule has 0 N–H and O–H groups in total. The van der Waals surface area contributed by atoms with E-state index in [1.165, 1.54) is 18.4 Å². The fourth-order valence-electron chi connectivity index (χ4n) is 1.02. The zero-order chi connectivity index (χ0) is 9.61. The van der Waals surface area contributed by atoms with Crippen molar-refractivity contribution in [3.8, 4) is 0 Å². The van der Waals surface area contributed by atoms with Crippen LogP contribution >= 0.6 is 0 Å². The van der Waals surface area contributed by atoms with Crippen molar-refractivity contribution >= 4 is 0 Å². The van der Waals surface area contributed by atoms with E-state index in [0.29, 0.717) is 0 Å². The molecular formula is C11H22O. The first-order valence-corrected chi connectivity index (χ1v) is 4.66. The Hall–Kier alpha value is -0.300. The van der Waals surface area contributed by atoms with E-state index in [-0.39, 0.29) is 5.60 Å². The molecular weight excluding hydrogens is 148 g/mol. The smallest absolute Gasteiger partial charge is 0.0622 e. The highest BCUT2D eigenvalue weighted by Crippen LogP contribution is 2.16. The van der Waals surface area contributed by atoms with Crippen molar-refractivity contribution in [2.75, 3.05) is 7.11 Å². The summed E-state index contributed by atoms with van der Waals surface area (Å²) in [7, 11) is 1.78. The van der Waals surface area contributed by atoms with Crippen LogP contribution in [0.1, 0.15) is 47.0 Å². The summed E-state index contributed by atoms with van der Waals surface area (Å²) in [4.78, 5) is 0. The summed E-state index contributed by atoms with van der Waals surface area (Å²) in [6.45, 7) is 8.55. The van der Waals surface area contributed by atoms with Gasteiger partial charge in [0.05, 0.1) is 5.60 Å². The summed E-state index contributed by atoms with van der Waals surface area (Å²) in [6.07, 6.45) is 5.81. The lowest BCUT2D eigenvalue weighted by Crippen LogP contribution is -2.21. The van der Waals surface area contributed by atoms with Crippen molar-refractivity contribution < 1.29 is 4.74 Å². The summed E-state index contributed by atoms with van der Waals surface area (Å²) in [5, 5.41) is 0. The summed E-state index contributed by atoms with van der Waals surface area (Å²) >= 11 is 0. The van der Waals surface area contributed by atoms with Gasteiger partial charge in [0.15, 0.2) is 0 Å². The van der Waals surface area contributed by atoms with E-state index in [1.807, 2.05) is 0 Å². The third-order valence-electron chi connectivity index (χ3n) is 2.09. The molecule has 0 atom stereocenters. The van der Waals surface area contributed by atoms with Crippen molar-refractivity contribution in [2.24, 2.45) is 0 Å². The predicted octanol–water partition coefficient (Wildman–Crippen LogP) is 3.55. The van der Waals surface area contributed by atoms with Gasteiger partial charge in [-0.2, -0.15) is 0 Å². The molecule has 0 saturated heterocycles. The average molecular weight is 170 g/mol. The summed E-state index contributed by atoms with van der Waals surface area (Å²) in [6, 6.07) is 0. The second kappa shape index (κ2) is 5.36. The van der Waals surface area contributed by atoms with Crippen molar-refractivity contribution in [2.45, 2.75) is 52.6 Å². The fourth-order valence-corrected chi connectivity index (χ4v) is 1.02. The summed E-state index contributed by atoms with van der Waals surface area (Å²) in [5.41, 5.74) is 1.46. The lowest BCUT2D eigenvalue weighted by Gasteiger charge is -2.22. The van der Waals surface area contributed by atoms with Gasteiger partial charge in [0, 0.05) is 7.11 Å². The van der Waals surface area contributed by atoms with Crippen LogP contribution < -0.4 is 0 Å². The van der Waals surface area contributed by atoms with Crippen molar-refractivity contribution in [3.05, 3.63) is 11.6 Å². The number of hydrogen-bond donors (Lipinski definition) is 0. The molecule has 0 radical (unpaired) electrons. The van der Waals surface area contributed by atoms with Crippen LogP contribution in [-0.4, -0.2) is 12.7 Å². The Balaban J connectivity index is 3.50. The van der Waals surface area contributed by atoms with E-state index in [9.17, 15) is 0 Å². The SMILES string of the molecule is COC(C)(C)CCCC=C(C)C. The molecule has 0 rings (SSSR count). The topological polar surface area (TPSA) is 9.23 Å². The van der Waals surface area contributed by atoms with Gasteiger partial charge in [0.1, 0.15) is 0 Å². The highest BCUT2D eigenvalue weighted by atomic mass is 16.5. The minimum atomic E-state index is 0.0511. The molecule has 0 aromatic rings. The van der Waals surface area contributed by atoms with Crippen molar-refractivity contribution in [3.63, 3.8) is 0 Å². The summed E-state index contributed by atoms with van der Waals surface area (Å²) in [5.74, 6) is 0. The van der Waals surface area contributed by atoms with Gasteiger partial charge in [-0.15, -0.1) is 0 Å². The highest BCUT2D eigenvalue weighted by molar-refractivity contribution is 4.92. The molecule has 72 valence electrons. The first kappa shape index (κ1) is 11.7. The monoisotopic (exact) mass is 170 g/mol. The first-order valence-electron chi connectivity index (χ1n) is 4.66. The Bertz CT molecular complexity index is 141. The molecule has 0 spiro atoms. The highest BCUT2D eigenvalue weighted by Gasteiger charge is 2.14. The molecule has 0 heterocycles. The Morgan fingerprint density at radius 3 is 2.33 bits per heavy atom. The maximum absolute atomic E-state index is 5.32. The Morgan fingerprint density at radius 1 is 1.33 bits per heavy atom. The lowest BCUT2D eigenvalue weighted by molar-refractivity contribution is 0.0141. The van der Waals surface area contributed by atoms with Gasteiger partial charge in [-0.3, -0.25) is 0 Å². The quantitative estimate of drug-likeness (QED) is 0.453. The van der Waals surface area contributed by atoms with Crippen LogP contribution in [0.15, 0.2) is 11.6 Å². The summed E-state index contributed by atoms with van der Waals surface area (Å²) < 4.78 is 5.32. The second-order valence-corrected chi connectivity index (χ2v) is 4.14. The maximum atomic E-state index is 5.32. The molecule has 0 amide bonds. The number of unbranched alkanes of at least 4 members (excludes halogenated alkanes) is 1. The standard InChI is InChI=1S/C11H22O/c1-10(2)8-6-7-9-11(3,4)12-5/h8H,6-7,9H2,1-5H3. The molecule has 0 aromatic carbocycles. The lowest BCUT2D eigenvalue weighted by atomic mass is 10.0. The minimum absolute atomic E-state index is 0.0511. The second-order valence-electron chi connectivity index (χ2n) is 4.14. The van der Waals surface area contributed by atoms with Gasteiger partial charge in [-0.1, -0.05) is 11.6 Å². The van der Waals surface area contributed by atoms with E-state index >= 15 is 0 Å². The third-order valence-corrected chi connectivity index (χ3v) is 2.09. The van der Waals surface area contributed by atoms with Crippen LogP contribution in [0.4, 0.5) is 0 Å². The first-order chi connectivity index (χ1) is 5.48. The molecule has 0 aromatic heterocycles. The molecule has 0 aliphatic heterocycles. The molecule has 0 aliphatic carbocycles. The van der Waals surface area contributed by atoms with E-state index in [2.05, 4.69) is 33.8 Å². The Labute approximate surface area is 76.8 Å². The van der Waals surface area contributed by atoms with Gasteiger partial charge in [0.25, 0.3) is 0 Å². The zero-order valence-corrected chi connectivity index (χ0v) is 9.11. The van der Waals surface area contributed by atoms with Crippen LogP contribution in [-0.2, 0) is 4.74 Å². The van der Waals surface area contributed by atoms with Crippen molar-refractivity contribution in [1.82, 2.24) is 0 Å². The number of ether oxygens (including phenoxy) is 1. The van der Waals surface area contributed by atoms with Gasteiger partial charge < -0.3 is 4.74 Å². The van der Waals surface area contributed by atoms with E-state index in [4.69, 9.17) is 4.74 Å². The molecule has 0 bridgehead atoms. The van der Waals surface area contributed by atoms with E-state index < -0.39 is 0 Å². The van der Waals surface area contributed by atoms with Gasteiger partial charge in [0.2, 0.25) is 0 Å². The number of hydrogen-bond acceptors (Lipinski definition) is 1. The largest absolute Gasteiger partial charge is 0.379 e. The zero-order valence-electron chi connectivity index (χ0n) is 9.11. The Morgan fingerprint density at radius 2 is 1.92 bits per heavy atom. The number of methoxy groups -OCH3 is 1. The van der Waals surface area contributed by atoms with Crippen LogP contribution in [0, 0.1) is 0 Å². The fraction of sp³-hybridized carbons (Fsp3) is 0.818. The number of allylic oxidation sites excluding steroid dienone is 2. The van der Waals surface area contributed by atoms with Crippen LogP contribution in [0.3, 0.4) is 0 Å². The van der Waals surface area contributed by atoms with Gasteiger partial charge in [-0.25, -0.2) is 0 Å². The predicted molar refractivity (Wildman–Crippen MR) is 54.4 cm³/mol. The van der Waals surface area contributed by atoms with Crippen LogP contribution in [0.5, 0.6) is 0 Å². The normalized spacial score (nSPS) is 11.4. The van der Waals surface area contributed by atoms with Crippen LogP contribution in [0.25, 0.3) is 0 Å². The molecule has 0 unspecified atom stereocenters. The number of rotatable bonds is 5. The molecule has 12 heavy (non-hydrogen) atoms. The molecule has 1 nitrogen and oxygen atoms in total. The minimum Gasteiger partial charge on any atom is -0.379 e. The van der Waals surface area contributed by atoms with Gasteiger partial charge in [-0.05, 0) is 47.0 Å². The van der Waals surface area contributed by atoms with Crippen molar-refractivity contribution in [1.29, 1.82) is 0 Å². The van der Waals surface area contributed by atoms with E-state index in [1.54, 1.807) is 7.11 Å². The molecule has 1 heteroatoms. The maximum Gasteiger partial charge on any atom is 0.0622 e. The van der Waals surface area contributed by atoms with E-state index in [0.717, 1.165) is 6.42 Å². The average Bonchev–Trinajstić information content (AvgIpc) is 1.98. The van der Waals surface area contributed by atoms with Crippen LogP contribution in [0.2, 0.25) is 0 Å². The van der Waals surface area contributed by atoms with Gasteiger partial charge >= 0.3 is 0 Å². The Kier molecular flexibility index (Phi) is 5.23. The third kappa shape index (κ3) is 6.41. The molecule has 0 saturated carbocycles. The molecule has 0 fully saturated rings.